The SMILES string of the molecule is CCOC(=O)c1ccc(CC(=O)CCl)cc1C(F)(F)F. The summed E-state index contributed by atoms with van der Waals surface area (Å²) in [6.45, 7) is 1.47. The molecule has 3 nitrogen and oxygen atoms in total. The minimum Gasteiger partial charge on any atom is -0.462 e. The summed E-state index contributed by atoms with van der Waals surface area (Å²) in [5.41, 5.74) is -1.53. The van der Waals surface area contributed by atoms with Crippen LogP contribution in [0, 0.1) is 0 Å². The number of carbonyl (C=O) groups excluding carboxylic acids is 2. The van der Waals surface area contributed by atoms with Crippen LogP contribution < -0.4 is 0 Å². The lowest BCUT2D eigenvalue weighted by Crippen LogP contribution is -2.16. The van der Waals surface area contributed by atoms with Gasteiger partial charge in [-0.15, -0.1) is 11.6 Å². The number of Topliss-reactive ketones (excluding diaryl/α,β-unsaturated/α-hetero) is 1. The normalized spacial score (nSPS) is 11.2. The van der Waals surface area contributed by atoms with Gasteiger partial charge in [0.25, 0.3) is 0 Å². The van der Waals surface area contributed by atoms with Crippen molar-refractivity contribution in [3.05, 3.63) is 34.9 Å². The number of esters is 1. The third-order valence-corrected chi connectivity index (χ3v) is 2.73. The van der Waals surface area contributed by atoms with Crippen LogP contribution in [0.4, 0.5) is 13.2 Å². The van der Waals surface area contributed by atoms with Crippen molar-refractivity contribution in [2.75, 3.05) is 12.5 Å². The lowest BCUT2D eigenvalue weighted by atomic mass is 10.0. The Morgan fingerprint density at radius 1 is 1.30 bits per heavy atom. The molecule has 0 bridgehead atoms. The third-order valence-electron chi connectivity index (χ3n) is 2.44. The van der Waals surface area contributed by atoms with Gasteiger partial charge in [-0.05, 0) is 24.6 Å². The average molecular weight is 309 g/mol. The quantitative estimate of drug-likeness (QED) is 0.619. The van der Waals surface area contributed by atoms with E-state index in [1.165, 1.54) is 13.0 Å². The highest BCUT2D eigenvalue weighted by atomic mass is 35.5. The van der Waals surface area contributed by atoms with Gasteiger partial charge in [0.1, 0.15) is 0 Å². The molecule has 0 fully saturated rings. The highest BCUT2D eigenvalue weighted by Gasteiger charge is 2.36. The summed E-state index contributed by atoms with van der Waals surface area (Å²) >= 11 is 5.31. The van der Waals surface area contributed by atoms with Gasteiger partial charge in [0.15, 0.2) is 5.78 Å². The molecule has 0 spiro atoms. The van der Waals surface area contributed by atoms with Crippen LogP contribution in [0.1, 0.15) is 28.4 Å². The van der Waals surface area contributed by atoms with Crippen LogP contribution in [0.2, 0.25) is 0 Å². The summed E-state index contributed by atoms with van der Waals surface area (Å²) in [5.74, 6) is -1.72. The van der Waals surface area contributed by atoms with Gasteiger partial charge < -0.3 is 4.74 Å². The van der Waals surface area contributed by atoms with Gasteiger partial charge in [-0.1, -0.05) is 6.07 Å². The van der Waals surface area contributed by atoms with Crippen molar-refractivity contribution in [3.63, 3.8) is 0 Å². The first-order valence-electron chi connectivity index (χ1n) is 5.74. The van der Waals surface area contributed by atoms with E-state index in [2.05, 4.69) is 4.74 Å². The van der Waals surface area contributed by atoms with E-state index < -0.39 is 29.1 Å². The maximum atomic E-state index is 12.9. The molecule has 0 saturated heterocycles. The van der Waals surface area contributed by atoms with E-state index in [4.69, 9.17) is 11.6 Å². The van der Waals surface area contributed by atoms with E-state index in [0.29, 0.717) is 0 Å². The predicted molar refractivity (Wildman–Crippen MR) is 66.8 cm³/mol. The Morgan fingerprint density at radius 3 is 2.45 bits per heavy atom. The summed E-state index contributed by atoms with van der Waals surface area (Å²) in [6.07, 6.45) is -4.92. The fourth-order valence-electron chi connectivity index (χ4n) is 1.60. The molecule has 0 amide bonds. The fourth-order valence-corrected chi connectivity index (χ4v) is 1.69. The molecule has 1 aromatic carbocycles. The summed E-state index contributed by atoms with van der Waals surface area (Å²) in [7, 11) is 0. The van der Waals surface area contributed by atoms with E-state index in [1.54, 1.807) is 0 Å². The van der Waals surface area contributed by atoms with Gasteiger partial charge in [-0.25, -0.2) is 4.79 Å². The summed E-state index contributed by atoms with van der Waals surface area (Å²) in [4.78, 5) is 22.7. The predicted octanol–water partition coefficient (Wildman–Crippen LogP) is 3.23. The van der Waals surface area contributed by atoms with Gasteiger partial charge in [-0.3, -0.25) is 4.79 Å². The van der Waals surface area contributed by atoms with Gasteiger partial charge >= 0.3 is 12.1 Å². The number of hydrogen-bond donors (Lipinski definition) is 0. The number of carbonyl (C=O) groups is 2. The molecule has 7 heteroatoms. The van der Waals surface area contributed by atoms with Crippen LogP contribution >= 0.6 is 11.6 Å². The van der Waals surface area contributed by atoms with E-state index >= 15 is 0 Å². The topological polar surface area (TPSA) is 43.4 Å². The highest BCUT2D eigenvalue weighted by Crippen LogP contribution is 2.33. The molecule has 110 valence electrons. The summed E-state index contributed by atoms with van der Waals surface area (Å²) < 4.78 is 43.4. The summed E-state index contributed by atoms with van der Waals surface area (Å²) in [5, 5.41) is 0. The number of ether oxygens (including phenoxy) is 1. The lowest BCUT2D eigenvalue weighted by Gasteiger charge is -2.13. The molecule has 1 aromatic rings. The molecule has 0 aliphatic carbocycles. The number of benzene rings is 1. The minimum atomic E-state index is -4.71. The van der Waals surface area contributed by atoms with Crippen LogP contribution in [0.15, 0.2) is 18.2 Å². The number of hydrogen-bond acceptors (Lipinski definition) is 3. The standard InChI is InChI=1S/C13H12ClF3O3/c1-2-20-12(19)10-4-3-8(5-9(18)7-14)6-11(10)13(15,16)17/h3-4,6H,2,5,7H2,1H3. The Labute approximate surface area is 118 Å². The van der Waals surface area contributed by atoms with Crippen molar-refractivity contribution in [1.82, 2.24) is 0 Å². The number of rotatable bonds is 5. The van der Waals surface area contributed by atoms with E-state index in [-0.39, 0.29) is 24.5 Å². The van der Waals surface area contributed by atoms with Crippen LogP contribution in [-0.4, -0.2) is 24.2 Å². The van der Waals surface area contributed by atoms with Gasteiger partial charge in [0.2, 0.25) is 0 Å². The van der Waals surface area contributed by atoms with Crippen molar-refractivity contribution in [1.29, 1.82) is 0 Å². The van der Waals surface area contributed by atoms with Crippen LogP contribution in [0.25, 0.3) is 0 Å². The maximum Gasteiger partial charge on any atom is 0.417 e. The van der Waals surface area contributed by atoms with Crippen molar-refractivity contribution < 1.29 is 27.5 Å². The largest absolute Gasteiger partial charge is 0.462 e. The first kappa shape index (κ1) is 16.5. The van der Waals surface area contributed by atoms with E-state index in [9.17, 15) is 22.8 Å². The Balaban J connectivity index is 3.20. The van der Waals surface area contributed by atoms with Crippen molar-refractivity contribution >= 4 is 23.4 Å². The van der Waals surface area contributed by atoms with Crippen molar-refractivity contribution in [3.8, 4) is 0 Å². The molecule has 0 saturated carbocycles. The van der Waals surface area contributed by atoms with E-state index in [1.807, 2.05) is 0 Å². The first-order chi connectivity index (χ1) is 9.29. The zero-order chi connectivity index (χ0) is 15.3. The third kappa shape index (κ3) is 4.23. The zero-order valence-corrected chi connectivity index (χ0v) is 11.3. The Kier molecular flexibility index (Phi) is 5.56. The molecule has 0 aliphatic heterocycles. The Morgan fingerprint density at radius 2 is 1.95 bits per heavy atom. The smallest absolute Gasteiger partial charge is 0.417 e. The number of ketones is 1. The summed E-state index contributed by atoms with van der Waals surface area (Å²) in [6, 6.07) is 3.07. The molecule has 0 radical (unpaired) electrons. The average Bonchev–Trinajstić information content (AvgIpc) is 2.37. The molecule has 0 N–H and O–H groups in total. The molecule has 20 heavy (non-hydrogen) atoms. The maximum absolute atomic E-state index is 12.9. The molecule has 0 heterocycles. The number of alkyl halides is 4. The second-order valence-corrected chi connectivity index (χ2v) is 4.21. The molecular weight excluding hydrogens is 297 g/mol. The fraction of sp³-hybridized carbons (Fsp3) is 0.385. The molecular formula is C13H12ClF3O3. The second kappa shape index (κ2) is 6.74. The van der Waals surface area contributed by atoms with Crippen molar-refractivity contribution in [2.45, 2.75) is 19.5 Å². The monoisotopic (exact) mass is 308 g/mol. The first-order valence-corrected chi connectivity index (χ1v) is 6.28. The van der Waals surface area contributed by atoms with Crippen LogP contribution in [-0.2, 0) is 22.1 Å². The molecule has 1 rings (SSSR count). The second-order valence-electron chi connectivity index (χ2n) is 3.95. The van der Waals surface area contributed by atoms with Crippen LogP contribution in [0.3, 0.4) is 0 Å². The zero-order valence-electron chi connectivity index (χ0n) is 10.6. The molecule has 0 unspecified atom stereocenters. The van der Waals surface area contributed by atoms with Crippen LogP contribution in [0.5, 0.6) is 0 Å². The highest BCUT2D eigenvalue weighted by molar-refractivity contribution is 6.27. The van der Waals surface area contributed by atoms with Gasteiger partial charge in [0.05, 0.1) is 23.6 Å². The van der Waals surface area contributed by atoms with Gasteiger partial charge in [-0.2, -0.15) is 13.2 Å². The van der Waals surface area contributed by atoms with E-state index in [0.717, 1.165) is 12.1 Å². The minimum absolute atomic E-state index is 0.0252. The van der Waals surface area contributed by atoms with Gasteiger partial charge in [0, 0.05) is 6.42 Å². The Hall–Kier alpha value is -1.56. The molecule has 0 aromatic heterocycles. The lowest BCUT2D eigenvalue weighted by molar-refractivity contribution is -0.138. The Bertz CT molecular complexity index is 512. The molecule has 0 aliphatic rings. The number of halogens is 4. The van der Waals surface area contributed by atoms with Crippen molar-refractivity contribution in [2.24, 2.45) is 0 Å². The molecule has 0 atom stereocenters.